The van der Waals surface area contributed by atoms with Gasteiger partial charge in [-0.3, -0.25) is 0 Å². The van der Waals surface area contributed by atoms with Crippen molar-refractivity contribution in [3.8, 4) is 11.5 Å². The van der Waals surface area contributed by atoms with E-state index >= 15 is 0 Å². The van der Waals surface area contributed by atoms with Crippen molar-refractivity contribution in [2.24, 2.45) is 0 Å². The smallest absolute Gasteiger partial charge is 0.247 e. The fourth-order valence-electron chi connectivity index (χ4n) is 1.80. The first-order valence-electron chi connectivity index (χ1n) is 6.02. The lowest BCUT2D eigenvalue weighted by Gasteiger charge is -2.22. The highest BCUT2D eigenvalue weighted by molar-refractivity contribution is 6.18. The minimum absolute atomic E-state index is 0.533. The molecule has 0 saturated carbocycles. The normalized spacial score (nSPS) is 10.7. The van der Waals surface area contributed by atoms with Crippen molar-refractivity contribution in [2.45, 2.75) is 6.92 Å². The van der Waals surface area contributed by atoms with Crippen molar-refractivity contribution in [3.05, 3.63) is 30.2 Å². The Hall–Kier alpha value is -1.26. The molecule has 0 saturated heterocycles. The first-order chi connectivity index (χ1) is 9.24. The summed E-state index contributed by atoms with van der Waals surface area (Å²) >= 11 is 11.6. The SMILES string of the molecule is Cc1nnc(-c2ccc(N(CCCl)CCCl)cc2)o1. The molecule has 19 heavy (non-hydrogen) atoms. The first kappa shape index (κ1) is 14.2. The Kier molecular flexibility index (Phi) is 5.05. The van der Waals surface area contributed by atoms with Gasteiger partial charge in [-0.05, 0) is 24.3 Å². The summed E-state index contributed by atoms with van der Waals surface area (Å²) in [7, 11) is 0. The van der Waals surface area contributed by atoms with Gasteiger partial charge in [0.05, 0.1) is 0 Å². The van der Waals surface area contributed by atoms with Crippen LogP contribution in [0.5, 0.6) is 0 Å². The Labute approximate surface area is 122 Å². The Morgan fingerprint density at radius 3 is 2.16 bits per heavy atom. The van der Waals surface area contributed by atoms with E-state index in [1.165, 1.54) is 0 Å². The van der Waals surface area contributed by atoms with Gasteiger partial charge in [0.25, 0.3) is 0 Å². The molecule has 102 valence electrons. The molecule has 0 aliphatic rings. The zero-order valence-electron chi connectivity index (χ0n) is 10.6. The van der Waals surface area contributed by atoms with Gasteiger partial charge in [-0.1, -0.05) is 0 Å². The van der Waals surface area contributed by atoms with E-state index in [-0.39, 0.29) is 0 Å². The molecule has 4 nitrogen and oxygen atoms in total. The third-order valence-corrected chi connectivity index (χ3v) is 3.05. The van der Waals surface area contributed by atoms with Gasteiger partial charge in [0.1, 0.15) is 0 Å². The number of aromatic nitrogens is 2. The number of rotatable bonds is 6. The summed E-state index contributed by atoms with van der Waals surface area (Å²) in [6.45, 7) is 3.31. The van der Waals surface area contributed by atoms with Gasteiger partial charge in [0, 0.05) is 43.0 Å². The van der Waals surface area contributed by atoms with Crippen LogP contribution in [0.25, 0.3) is 11.5 Å². The third-order valence-electron chi connectivity index (χ3n) is 2.71. The highest BCUT2D eigenvalue weighted by Crippen LogP contribution is 2.22. The van der Waals surface area contributed by atoms with Gasteiger partial charge >= 0.3 is 0 Å². The summed E-state index contributed by atoms with van der Waals surface area (Å²) < 4.78 is 5.39. The summed E-state index contributed by atoms with van der Waals surface area (Å²) in [4.78, 5) is 2.14. The zero-order valence-corrected chi connectivity index (χ0v) is 12.2. The molecule has 0 unspecified atom stereocenters. The van der Waals surface area contributed by atoms with E-state index in [1.54, 1.807) is 6.92 Å². The minimum atomic E-state index is 0.533. The zero-order chi connectivity index (χ0) is 13.7. The van der Waals surface area contributed by atoms with Gasteiger partial charge in [-0.15, -0.1) is 33.4 Å². The fourth-order valence-corrected chi connectivity index (χ4v) is 2.21. The molecule has 2 rings (SSSR count). The number of halogens is 2. The molecule has 6 heteroatoms. The predicted molar refractivity (Wildman–Crippen MR) is 78.1 cm³/mol. The second-order valence-electron chi connectivity index (χ2n) is 4.04. The minimum Gasteiger partial charge on any atom is -0.421 e. The van der Waals surface area contributed by atoms with Crippen molar-refractivity contribution >= 4 is 28.9 Å². The molecule has 0 aliphatic carbocycles. The molecule has 0 spiro atoms. The number of alkyl halides is 2. The van der Waals surface area contributed by atoms with Crippen molar-refractivity contribution in [1.82, 2.24) is 10.2 Å². The predicted octanol–water partition coefficient (Wildman–Crippen LogP) is 3.33. The number of aryl methyl sites for hydroxylation is 1. The van der Waals surface area contributed by atoms with Gasteiger partial charge in [-0.2, -0.15) is 0 Å². The van der Waals surface area contributed by atoms with Crippen LogP contribution in [0.15, 0.2) is 28.7 Å². The van der Waals surface area contributed by atoms with Crippen LogP contribution in [0.4, 0.5) is 5.69 Å². The van der Waals surface area contributed by atoms with Crippen LogP contribution in [0.3, 0.4) is 0 Å². The van der Waals surface area contributed by atoms with E-state index in [0.717, 1.165) is 24.3 Å². The van der Waals surface area contributed by atoms with Crippen LogP contribution in [0.1, 0.15) is 5.89 Å². The monoisotopic (exact) mass is 299 g/mol. The second kappa shape index (κ2) is 6.78. The maximum Gasteiger partial charge on any atom is 0.247 e. The molecular formula is C13H15Cl2N3O. The molecule has 2 aromatic rings. The van der Waals surface area contributed by atoms with E-state index in [0.29, 0.717) is 23.5 Å². The number of benzene rings is 1. The molecule has 0 amide bonds. The van der Waals surface area contributed by atoms with E-state index in [4.69, 9.17) is 27.6 Å². The Morgan fingerprint density at radius 1 is 1.05 bits per heavy atom. The van der Waals surface area contributed by atoms with E-state index in [1.807, 2.05) is 24.3 Å². The summed E-state index contributed by atoms with van der Waals surface area (Å²) in [6, 6.07) is 7.93. The van der Waals surface area contributed by atoms with Crippen LogP contribution in [0, 0.1) is 6.92 Å². The highest BCUT2D eigenvalue weighted by Gasteiger charge is 2.08. The molecule has 0 N–H and O–H groups in total. The van der Waals surface area contributed by atoms with Gasteiger partial charge in [0.2, 0.25) is 11.8 Å². The van der Waals surface area contributed by atoms with Gasteiger partial charge in [0.15, 0.2) is 0 Å². The van der Waals surface area contributed by atoms with Crippen molar-refractivity contribution in [2.75, 3.05) is 29.7 Å². The van der Waals surface area contributed by atoms with Crippen LogP contribution in [-0.4, -0.2) is 35.0 Å². The number of hydrogen-bond acceptors (Lipinski definition) is 4. The Balaban J connectivity index is 2.17. The van der Waals surface area contributed by atoms with E-state index in [2.05, 4.69) is 15.1 Å². The topological polar surface area (TPSA) is 42.2 Å². The molecule has 1 aromatic carbocycles. The summed E-state index contributed by atoms with van der Waals surface area (Å²) in [5.74, 6) is 2.23. The summed E-state index contributed by atoms with van der Waals surface area (Å²) in [5.41, 5.74) is 1.99. The highest BCUT2D eigenvalue weighted by atomic mass is 35.5. The van der Waals surface area contributed by atoms with E-state index in [9.17, 15) is 0 Å². The fraction of sp³-hybridized carbons (Fsp3) is 0.385. The molecular weight excluding hydrogens is 285 g/mol. The molecule has 1 aromatic heterocycles. The summed E-state index contributed by atoms with van der Waals surface area (Å²) in [6.07, 6.45) is 0. The molecule has 0 aliphatic heterocycles. The van der Waals surface area contributed by atoms with Crippen molar-refractivity contribution < 1.29 is 4.42 Å². The standard InChI is InChI=1S/C13H15Cl2N3O/c1-10-16-17-13(19-10)11-2-4-12(5-3-11)18(8-6-14)9-7-15/h2-5H,6-9H2,1H3. The van der Waals surface area contributed by atoms with Crippen molar-refractivity contribution in [1.29, 1.82) is 0 Å². The van der Waals surface area contributed by atoms with Gasteiger partial charge < -0.3 is 9.32 Å². The lowest BCUT2D eigenvalue weighted by Crippen LogP contribution is -2.27. The number of hydrogen-bond donors (Lipinski definition) is 0. The first-order valence-corrected chi connectivity index (χ1v) is 7.09. The Bertz CT molecular complexity index is 507. The maximum atomic E-state index is 5.79. The molecule has 0 radical (unpaired) electrons. The second-order valence-corrected chi connectivity index (χ2v) is 4.79. The Morgan fingerprint density at radius 2 is 1.68 bits per heavy atom. The average Bonchev–Trinajstić information content (AvgIpc) is 2.85. The maximum absolute atomic E-state index is 5.79. The largest absolute Gasteiger partial charge is 0.421 e. The quantitative estimate of drug-likeness (QED) is 0.767. The molecule has 0 atom stereocenters. The molecule has 0 bridgehead atoms. The molecule has 0 fully saturated rings. The van der Waals surface area contributed by atoms with Crippen LogP contribution >= 0.6 is 23.2 Å². The molecule has 1 heterocycles. The lowest BCUT2D eigenvalue weighted by atomic mass is 10.2. The van der Waals surface area contributed by atoms with Crippen LogP contribution in [0.2, 0.25) is 0 Å². The summed E-state index contributed by atoms with van der Waals surface area (Å²) in [5, 5.41) is 7.81. The van der Waals surface area contributed by atoms with Crippen molar-refractivity contribution in [3.63, 3.8) is 0 Å². The average molecular weight is 300 g/mol. The van der Waals surface area contributed by atoms with Crippen LogP contribution < -0.4 is 4.90 Å². The lowest BCUT2D eigenvalue weighted by molar-refractivity contribution is 0.533. The van der Waals surface area contributed by atoms with E-state index < -0.39 is 0 Å². The number of anilines is 1. The van der Waals surface area contributed by atoms with Crippen LogP contribution in [-0.2, 0) is 0 Å². The third kappa shape index (κ3) is 3.61. The number of nitrogens with zero attached hydrogens (tertiary/aromatic N) is 3. The van der Waals surface area contributed by atoms with Gasteiger partial charge in [-0.25, -0.2) is 0 Å².